The van der Waals surface area contributed by atoms with Crippen molar-refractivity contribution in [2.45, 2.75) is 6.92 Å². The van der Waals surface area contributed by atoms with E-state index in [2.05, 4.69) is 10.6 Å². The number of amides is 2. The lowest BCUT2D eigenvalue weighted by Gasteiger charge is -2.38. The van der Waals surface area contributed by atoms with Gasteiger partial charge in [-0.15, -0.1) is 0 Å². The molecule has 1 heterocycles. The second kappa shape index (κ2) is 6.24. The Morgan fingerprint density at radius 2 is 2.10 bits per heavy atom. The maximum Gasteiger partial charge on any atom is 0.251 e. The van der Waals surface area contributed by atoms with Gasteiger partial charge in [-0.3, -0.25) is 9.59 Å². The van der Waals surface area contributed by atoms with Crippen LogP contribution < -0.4 is 10.6 Å². The number of carbonyl (C=O) groups is 2. The quantitative estimate of drug-likeness (QED) is 0.858. The minimum absolute atomic E-state index is 0.0205. The summed E-state index contributed by atoms with van der Waals surface area (Å²) < 4.78 is 5.10. The van der Waals surface area contributed by atoms with Crippen molar-refractivity contribution in [1.82, 2.24) is 10.6 Å². The van der Waals surface area contributed by atoms with Crippen LogP contribution in [0.2, 0.25) is 5.02 Å². The highest BCUT2D eigenvalue weighted by Gasteiger charge is 2.33. The van der Waals surface area contributed by atoms with E-state index in [0.29, 0.717) is 30.3 Å². The average Bonchev–Trinajstić information content (AvgIpc) is 2.40. The van der Waals surface area contributed by atoms with Crippen molar-refractivity contribution in [3.8, 4) is 0 Å². The SMILES string of the molecule is CC1(CNC(=O)CNC(=O)c2cccc(Cl)c2)COC1. The smallest absolute Gasteiger partial charge is 0.251 e. The molecule has 2 N–H and O–H groups in total. The van der Waals surface area contributed by atoms with Crippen LogP contribution in [0.3, 0.4) is 0 Å². The Bertz CT molecular complexity index is 515. The Labute approximate surface area is 122 Å². The molecule has 0 spiro atoms. The number of benzene rings is 1. The topological polar surface area (TPSA) is 67.4 Å². The van der Waals surface area contributed by atoms with Crippen LogP contribution in [0.15, 0.2) is 24.3 Å². The molecular formula is C14H17ClN2O3. The summed E-state index contributed by atoms with van der Waals surface area (Å²) in [7, 11) is 0. The molecule has 0 unspecified atom stereocenters. The molecule has 1 aromatic rings. The molecule has 5 nitrogen and oxygen atoms in total. The summed E-state index contributed by atoms with van der Waals surface area (Å²) in [5, 5.41) is 5.83. The molecule has 0 aliphatic carbocycles. The first-order chi connectivity index (χ1) is 9.48. The Kier molecular flexibility index (Phi) is 4.62. The Balaban J connectivity index is 1.74. The molecule has 1 saturated heterocycles. The Hall–Kier alpha value is -1.59. The summed E-state index contributed by atoms with van der Waals surface area (Å²) in [5.41, 5.74) is 0.455. The highest BCUT2D eigenvalue weighted by molar-refractivity contribution is 6.30. The number of rotatable bonds is 5. The standard InChI is InChI=1S/C14H17ClN2O3/c1-14(8-20-9-14)7-17-12(18)6-16-13(19)10-3-2-4-11(15)5-10/h2-5H,6-9H2,1H3,(H,16,19)(H,17,18). The lowest BCUT2D eigenvalue weighted by Crippen LogP contribution is -2.50. The monoisotopic (exact) mass is 296 g/mol. The van der Waals surface area contributed by atoms with Crippen LogP contribution in [0.25, 0.3) is 0 Å². The molecule has 0 saturated carbocycles. The van der Waals surface area contributed by atoms with Gasteiger partial charge in [0.2, 0.25) is 5.91 Å². The van der Waals surface area contributed by atoms with E-state index in [1.165, 1.54) is 0 Å². The van der Waals surface area contributed by atoms with Gasteiger partial charge in [-0.2, -0.15) is 0 Å². The average molecular weight is 297 g/mol. The van der Waals surface area contributed by atoms with E-state index in [1.807, 2.05) is 6.92 Å². The van der Waals surface area contributed by atoms with Crippen LogP contribution >= 0.6 is 11.6 Å². The Morgan fingerprint density at radius 1 is 1.35 bits per heavy atom. The molecule has 1 aliphatic rings. The molecule has 0 atom stereocenters. The largest absolute Gasteiger partial charge is 0.380 e. The van der Waals surface area contributed by atoms with E-state index in [0.717, 1.165) is 0 Å². The number of hydrogen-bond donors (Lipinski definition) is 2. The molecule has 108 valence electrons. The third-order valence-corrected chi connectivity index (χ3v) is 3.34. The van der Waals surface area contributed by atoms with Crippen molar-refractivity contribution >= 4 is 23.4 Å². The molecule has 0 bridgehead atoms. The minimum Gasteiger partial charge on any atom is -0.380 e. The van der Waals surface area contributed by atoms with Crippen molar-refractivity contribution in [2.75, 3.05) is 26.3 Å². The van der Waals surface area contributed by atoms with Gasteiger partial charge < -0.3 is 15.4 Å². The van der Waals surface area contributed by atoms with E-state index in [4.69, 9.17) is 16.3 Å². The highest BCUT2D eigenvalue weighted by atomic mass is 35.5. The fourth-order valence-corrected chi connectivity index (χ4v) is 2.01. The molecule has 1 fully saturated rings. The maximum absolute atomic E-state index is 11.8. The number of carbonyl (C=O) groups excluding carboxylic acids is 2. The molecule has 2 amide bonds. The molecule has 20 heavy (non-hydrogen) atoms. The first-order valence-corrected chi connectivity index (χ1v) is 6.75. The molecule has 0 radical (unpaired) electrons. The lowest BCUT2D eigenvalue weighted by atomic mass is 9.89. The molecule has 2 rings (SSSR count). The summed E-state index contributed by atoms with van der Waals surface area (Å²) in [6.45, 7) is 3.85. The van der Waals surface area contributed by atoms with E-state index >= 15 is 0 Å². The highest BCUT2D eigenvalue weighted by Crippen LogP contribution is 2.24. The fourth-order valence-electron chi connectivity index (χ4n) is 1.82. The lowest BCUT2D eigenvalue weighted by molar-refractivity contribution is -0.125. The summed E-state index contributed by atoms with van der Waals surface area (Å²) in [4.78, 5) is 23.4. The van der Waals surface area contributed by atoms with Gasteiger partial charge in [-0.25, -0.2) is 0 Å². The van der Waals surface area contributed by atoms with Crippen LogP contribution in [0.1, 0.15) is 17.3 Å². The molecule has 1 aliphatic heterocycles. The van der Waals surface area contributed by atoms with Gasteiger partial charge in [0.25, 0.3) is 5.91 Å². The van der Waals surface area contributed by atoms with Crippen molar-refractivity contribution in [3.05, 3.63) is 34.9 Å². The molecule has 1 aromatic carbocycles. The van der Waals surface area contributed by atoms with Crippen LogP contribution in [-0.4, -0.2) is 38.1 Å². The van der Waals surface area contributed by atoms with E-state index in [-0.39, 0.29) is 23.8 Å². The van der Waals surface area contributed by atoms with Gasteiger partial charge in [0.15, 0.2) is 0 Å². The van der Waals surface area contributed by atoms with Crippen molar-refractivity contribution < 1.29 is 14.3 Å². The zero-order valence-electron chi connectivity index (χ0n) is 11.2. The minimum atomic E-state index is -0.319. The van der Waals surface area contributed by atoms with Gasteiger partial charge in [-0.05, 0) is 18.2 Å². The Morgan fingerprint density at radius 3 is 2.70 bits per heavy atom. The zero-order chi connectivity index (χ0) is 14.6. The molecule has 6 heteroatoms. The van der Waals surface area contributed by atoms with Crippen molar-refractivity contribution in [2.24, 2.45) is 5.41 Å². The van der Waals surface area contributed by atoms with Crippen LogP contribution in [0, 0.1) is 5.41 Å². The van der Waals surface area contributed by atoms with Gasteiger partial charge in [-0.1, -0.05) is 24.6 Å². The van der Waals surface area contributed by atoms with E-state index in [9.17, 15) is 9.59 Å². The van der Waals surface area contributed by atoms with Gasteiger partial charge in [0.1, 0.15) is 0 Å². The van der Waals surface area contributed by atoms with Crippen molar-refractivity contribution in [3.63, 3.8) is 0 Å². The zero-order valence-corrected chi connectivity index (χ0v) is 12.0. The summed E-state index contributed by atoms with van der Waals surface area (Å²) >= 11 is 5.80. The fraction of sp³-hybridized carbons (Fsp3) is 0.429. The van der Waals surface area contributed by atoms with Crippen molar-refractivity contribution in [1.29, 1.82) is 0 Å². The summed E-state index contributed by atoms with van der Waals surface area (Å²) in [6, 6.07) is 6.58. The van der Waals surface area contributed by atoms with Gasteiger partial charge in [0, 0.05) is 22.5 Å². The first kappa shape index (κ1) is 14.8. The molecule has 0 aromatic heterocycles. The summed E-state index contributed by atoms with van der Waals surface area (Å²) in [5.74, 6) is -0.533. The van der Waals surface area contributed by atoms with E-state index in [1.54, 1.807) is 24.3 Å². The van der Waals surface area contributed by atoms with Crippen LogP contribution in [-0.2, 0) is 9.53 Å². The van der Waals surface area contributed by atoms with Crippen LogP contribution in [0.4, 0.5) is 0 Å². The third-order valence-electron chi connectivity index (χ3n) is 3.11. The number of hydrogen-bond acceptors (Lipinski definition) is 3. The number of ether oxygens (including phenoxy) is 1. The number of nitrogens with one attached hydrogen (secondary N) is 2. The van der Waals surface area contributed by atoms with Gasteiger partial charge in [0.05, 0.1) is 19.8 Å². The normalized spacial score (nSPS) is 16.1. The van der Waals surface area contributed by atoms with Gasteiger partial charge >= 0.3 is 0 Å². The summed E-state index contributed by atoms with van der Waals surface area (Å²) in [6.07, 6.45) is 0. The molecular weight excluding hydrogens is 280 g/mol. The third kappa shape index (κ3) is 3.95. The maximum atomic E-state index is 11.8. The van der Waals surface area contributed by atoms with Crippen LogP contribution in [0.5, 0.6) is 0 Å². The second-order valence-electron chi connectivity index (χ2n) is 5.27. The first-order valence-electron chi connectivity index (χ1n) is 6.37. The predicted molar refractivity (Wildman–Crippen MR) is 75.7 cm³/mol. The van der Waals surface area contributed by atoms with E-state index < -0.39 is 0 Å². The predicted octanol–water partition coefficient (Wildman–Crippen LogP) is 1.22. The second-order valence-corrected chi connectivity index (χ2v) is 5.71. The number of halogens is 1.